The Bertz CT molecular complexity index is 275. The van der Waals surface area contributed by atoms with E-state index in [1.165, 1.54) is 71.2 Å². The first-order chi connectivity index (χ1) is 8.88. The fourth-order valence-corrected chi connectivity index (χ4v) is 3.20. The van der Waals surface area contributed by atoms with E-state index < -0.39 is 0 Å². The van der Waals surface area contributed by atoms with E-state index in [0.717, 1.165) is 12.5 Å². The molecule has 0 unspecified atom stereocenters. The number of rotatable bonds is 4. The van der Waals surface area contributed by atoms with Crippen molar-refractivity contribution in [3.8, 4) is 11.8 Å². The summed E-state index contributed by atoms with van der Waals surface area (Å²) in [6, 6.07) is 0. The molecule has 2 aliphatic rings. The predicted octanol–water partition coefficient (Wildman–Crippen LogP) is 2.60. The van der Waals surface area contributed by atoms with Crippen molar-refractivity contribution in [1.82, 2.24) is 9.80 Å². The number of piperazine rings is 1. The van der Waals surface area contributed by atoms with Gasteiger partial charge in [-0.3, -0.25) is 4.90 Å². The van der Waals surface area contributed by atoms with Crippen molar-refractivity contribution >= 4 is 0 Å². The minimum absolute atomic E-state index is 0.965. The van der Waals surface area contributed by atoms with Crippen molar-refractivity contribution in [3.63, 3.8) is 0 Å². The summed E-state index contributed by atoms with van der Waals surface area (Å²) < 4.78 is 0. The highest BCUT2D eigenvalue weighted by atomic mass is 15.3. The van der Waals surface area contributed by atoms with Gasteiger partial charge in [-0.1, -0.05) is 38.0 Å². The second kappa shape index (κ2) is 7.81. The lowest BCUT2D eigenvalue weighted by atomic mass is 9.87. The first kappa shape index (κ1) is 13.9. The molecule has 0 amide bonds. The van der Waals surface area contributed by atoms with Crippen LogP contribution in [-0.4, -0.2) is 49.1 Å². The lowest BCUT2D eigenvalue weighted by Crippen LogP contribution is -2.46. The third-order valence-corrected chi connectivity index (χ3v) is 4.52. The van der Waals surface area contributed by atoms with Gasteiger partial charge in [-0.05, 0) is 25.8 Å². The summed E-state index contributed by atoms with van der Waals surface area (Å²) >= 11 is 0. The molecule has 0 atom stereocenters. The van der Waals surface area contributed by atoms with Crippen LogP contribution in [-0.2, 0) is 0 Å². The Morgan fingerprint density at radius 3 is 2.28 bits per heavy atom. The van der Waals surface area contributed by atoms with Crippen molar-refractivity contribution in [2.75, 3.05) is 39.3 Å². The summed E-state index contributed by atoms with van der Waals surface area (Å²) in [4.78, 5) is 5.14. The zero-order valence-electron chi connectivity index (χ0n) is 12.0. The minimum Gasteiger partial charge on any atom is -0.301 e. The van der Waals surface area contributed by atoms with Crippen molar-refractivity contribution in [1.29, 1.82) is 0 Å². The van der Waals surface area contributed by atoms with Crippen molar-refractivity contribution < 1.29 is 0 Å². The van der Waals surface area contributed by atoms with Crippen molar-refractivity contribution in [2.24, 2.45) is 5.92 Å². The quantitative estimate of drug-likeness (QED) is 0.706. The summed E-state index contributed by atoms with van der Waals surface area (Å²) in [5, 5.41) is 0. The number of hydrogen-bond donors (Lipinski definition) is 0. The second-order valence-corrected chi connectivity index (χ2v) is 5.84. The Morgan fingerprint density at radius 1 is 0.944 bits per heavy atom. The highest BCUT2D eigenvalue weighted by Crippen LogP contribution is 2.26. The Kier molecular flexibility index (Phi) is 6.04. The van der Waals surface area contributed by atoms with E-state index in [2.05, 4.69) is 21.6 Å². The Labute approximate surface area is 113 Å². The third kappa shape index (κ3) is 4.63. The average Bonchev–Trinajstić information content (AvgIpc) is 2.45. The summed E-state index contributed by atoms with van der Waals surface area (Å²) in [6.45, 7) is 9.14. The first-order valence-electron chi connectivity index (χ1n) is 7.73. The van der Waals surface area contributed by atoms with Gasteiger partial charge in [0.2, 0.25) is 0 Å². The topological polar surface area (TPSA) is 6.48 Å². The van der Waals surface area contributed by atoms with Crippen LogP contribution in [0.5, 0.6) is 0 Å². The van der Waals surface area contributed by atoms with E-state index in [9.17, 15) is 0 Å². The molecule has 2 rings (SSSR count). The zero-order chi connectivity index (χ0) is 12.6. The first-order valence-corrected chi connectivity index (χ1v) is 7.73. The van der Waals surface area contributed by atoms with E-state index in [1.54, 1.807) is 0 Å². The SMILES string of the molecule is CC#CCN1CCN(CCC2CCCCC2)CC1. The van der Waals surface area contributed by atoms with Gasteiger partial charge in [-0.25, -0.2) is 0 Å². The smallest absolute Gasteiger partial charge is 0.0602 e. The van der Waals surface area contributed by atoms with Gasteiger partial charge in [-0.2, -0.15) is 0 Å². The van der Waals surface area contributed by atoms with Gasteiger partial charge in [0.05, 0.1) is 6.54 Å². The van der Waals surface area contributed by atoms with Crippen LogP contribution < -0.4 is 0 Å². The molecule has 0 spiro atoms. The summed E-state index contributed by atoms with van der Waals surface area (Å²) in [7, 11) is 0. The van der Waals surface area contributed by atoms with Crippen molar-refractivity contribution in [2.45, 2.75) is 45.4 Å². The largest absolute Gasteiger partial charge is 0.301 e. The van der Waals surface area contributed by atoms with Gasteiger partial charge in [-0.15, -0.1) is 5.92 Å². The molecule has 1 saturated carbocycles. The molecule has 0 aromatic carbocycles. The van der Waals surface area contributed by atoms with Crippen LogP contribution in [0.15, 0.2) is 0 Å². The van der Waals surface area contributed by atoms with Crippen LogP contribution in [0.4, 0.5) is 0 Å². The highest BCUT2D eigenvalue weighted by Gasteiger charge is 2.18. The predicted molar refractivity (Wildman–Crippen MR) is 77.5 cm³/mol. The highest BCUT2D eigenvalue weighted by molar-refractivity contribution is 4.98. The molecule has 1 aliphatic carbocycles. The molecule has 0 bridgehead atoms. The van der Waals surface area contributed by atoms with Crippen LogP contribution in [0.3, 0.4) is 0 Å². The summed E-state index contributed by atoms with van der Waals surface area (Å²) in [6.07, 6.45) is 8.86. The average molecular weight is 248 g/mol. The van der Waals surface area contributed by atoms with Gasteiger partial charge < -0.3 is 4.90 Å². The molecule has 18 heavy (non-hydrogen) atoms. The third-order valence-electron chi connectivity index (χ3n) is 4.52. The van der Waals surface area contributed by atoms with Crippen LogP contribution >= 0.6 is 0 Å². The van der Waals surface area contributed by atoms with Crippen LogP contribution in [0.25, 0.3) is 0 Å². The van der Waals surface area contributed by atoms with Crippen molar-refractivity contribution in [3.05, 3.63) is 0 Å². The van der Waals surface area contributed by atoms with E-state index in [4.69, 9.17) is 0 Å². The summed E-state index contributed by atoms with van der Waals surface area (Å²) in [5.74, 6) is 7.19. The standard InChI is InChI=1S/C16H28N2/c1-2-3-10-17-12-14-18(15-13-17)11-9-16-7-5-4-6-8-16/h16H,4-15H2,1H3. The summed E-state index contributed by atoms with van der Waals surface area (Å²) in [5.41, 5.74) is 0. The molecule has 2 nitrogen and oxygen atoms in total. The van der Waals surface area contributed by atoms with Crippen LogP contribution in [0.1, 0.15) is 45.4 Å². The number of nitrogens with zero attached hydrogens (tertiary/aromatic N) is 2. The maximum atomic E-state index is 3.17. The van der Waals surface area contributed by atoms with Gasteiger partial charge in [0, 0.05) is 26.2 Å². The minimum atomic E-state index is 0.965. The molecule has 1 saturated heterocycles. The molecule has 102 valence electrons. The van der Waals surface area contributed by atoms with Gasteiger partial charge in [0.1, 0.15) is 0 Å². The molecule has 0 aromatic rings. The molecular weight excluding hydrogens is 220 g/mol. The van der Waals surface area contributed by atoms with E-state index >= 15 is 0 Å². The van der Waals surface area contributed by atoms with Crippen LogP contribution in [0.2, 0.25) is 0 Å². The lowest BCUT2D eigenvalue weighted by molar-refractivity contribution is 0.134. The molecule has 1 aliphatic heterocycles. The molecule has 2 fully saturated rings. The Balaban J connectivity index is 1.59. The fourth-order valence-electron chi connectivity index (χ4n) is 3.20. The molecular formula is C16H28N2. The van der Waals surface area contributed by atoms with Gasteiger partial charge >= 0.3 is 0 Å². The second-order valence-electron chi connectivity index (χ2n) is 5.84. The van der Waals surface area contributed by atoms with E-state index in [0.29, 0.717) is 0 Å². The Hall–Kier alpha value is -0.520. The van der Waals surface area contributed by atoms with Crippen LogP contribution in [0, 0.1) is 17.8 Å². The molecule has 2 heteroatoms. The zero-order valence-corrected chi connectivity index (χ0v) is 12.0. The monoisotopic (exact) mass is 248 g/mol. The molecule has 0 N–H and O–H groups in total. The maximum Gasteiger partial charge on any atom is 0.0602 e. The van der Waals surface area contributed by atoms with Gasteiger partial charge in [0.15, 0.2) is 0 Å². The molecule has 0 radical (unpaired) electrons. The fraction of sp³-hybridized carbons (Fsp3) is 0.875. The normalized spacial score (nSPS) is 23.6. The molecule has 1 heterocycles. The lowest BCUT2D eigenvalue weighted by Gasteiger charge is -2.34. The maximum absolute atomic E-state index is 3.17. The Morgan fingerprint density at radius 2 is 1.61 bits per heavy atom. The van der Waals surface area contributed by atoms with E-state index in [1.807, 2.05) is 6.92 Å². The van der Waals surface area contributed by atoms with E-state index in [-0.39, 0.29) is 0 Å². The molecule has 0 aromatic heterocycles. The number of hydrogen-bond acceptors (Lipinski definition) is 2. The van der Waals surface area contributed by atoms with Gasteiger partial charge in [0.25, 0.3) is 0 Å².